The van der Waals surface area contributed by atoms with Gasteiger partial charge in [-0.25, -0.2) is 4.98 Å². The largest absolute Gasteiger partial charge is 0.342 e. The molecular weight excluding hydrogens is 304 g/mol. The number of likely N-dealkylation sites (tertiary alicyclic amines) is 1. The Bertz CT molecular complexity index is 572. The second kappa shape index (κ2) is 8.78. The van der Waals surface area contributed by atoms with Crippen LogP contribution in [0.25, 0.3) is 0 Å². The fourth-order valence-corrected chi connectivity index (χ4v) is 3.12. The summed E-state index contributed by atoms with van der Waals surface area (Å²) in [4.78, 5) is 33.0. The molecule has 24 heavy (non-hydrogen) atoms. The van der Waals surface area contributed by atoms with Gasteiger partial charge in [0.1, 0.15) is 5.82 Å². The quantitative estimate of drug-likeness (QED) is 0.864. The maximum absolute atomic E-state index is 12.5. The number of rotatable bonds is 6. The molecule has 6 heteroatoms. The Morgan fingerprint density at radius 1 is 1.33 bits per heavy atom. The van der Waals surface area contributed by atoms with Gasteiger partial charge >= 0.3 is 0 Å². The van der Waals surface area contributed by atoms with Crippen molar-refractivity contribution in [2.24, 2.45) is 5.92 Å². The van der Waals surface area contributed by atoms with E-state index in [-0.39, 0.29) is 17.7 Å². The number of carbonyl (C=O) groups excluding carboxylic acids is 2. The number of piperidine rings is 1. The number of pyridine rings is 1. The summed E-state index contributed by atoms with van der Waals surface area (Å²) in [7, 11) is 0. The molecule has 1 atom stereocenters. The number of likely N-dealkylation sites (N-methyl/N-ethyl adjacent to an activating group) is 1. The molecule has 0 spiro atoms. The van der Waals surface area contributed by atoms with E-state index < -0.39 is 0 Å². The zero-order valence-electron chi connectivity index (χ0n) is 14.9. The molecule has 1 fully saturated rings. The molecule has 1 N–H and O–H groups in total. The molecule has 1 aliphatic rings. The summed E-state index contributed by atoms with van der Waals surface area (Å²) in [5.74, 6) is 0.636. The van der Waals surface area contributed by atoms with Gasteiger partial charge in [0.2, 0.25) is 11.8 Å². The molecule has 1 aliphatic heterocycles. The molecule has 0 aromatic carbocycles. The van der Waals surface area contributed by atoms with Crippen molar-refractivity contribution in [2.75, 3.05) is 38.0 Å². The lowest BCUT2D eigenvalue weighted by molar-refractivity contribution is -0.133. The van der Waals surface area contributed by atoms with Gasteiger partial charge in [-0.15, -0.1) is 0 Å². The molecule has 132 valence electrons. The zero-order valence-corrected chi connectivity index (χ0v) is 14.9. The molecule has 2 rings (SSSR count). The van der Waals surface area contributed by atoms with Gasteiger partial charge in [0.15, 0.2) is 0 Å². The molecule has 1 saturated heterocycles. The minimum Gasteiger partial charge on any atom is -0.342 e. The van der Waals surface area contributed by atoms with E-state index in [0.717, 1.165) is 38.2 Å². The highest BCUT2D eigenvalue weighted by molar-refractivity contribution is 5.92. The van der Waals surface area contributed by atoms with Gasteiger partial charge in [-0.3, -0.25) is 14.5 Å². The Morgan fingerprint density at radius 3 is 2.75 bits per heavy atom. The van der Waals surface area contributed by atoms with Crippen LogP contribution in [0.15, 0.2) is 18.2 Å². The van der Waals surface area contributed by atoms with E-state index >= 15 is 0 Å². The van der Waals surface area contributed by atoms with Gasteiger partial charge in [0.05, 0.1) is 12.5 Å². The Labute approximate surface area is 144 Å². The van der Waals surface area contributed by atoms with Crippen LogP contribution in [0.3, 0.4) is 0 Å². The highest BCUT2D eigenvalue weighted by Gasteiger charge is 2.27. The van der Waals surface area contributed by atoms with Crippen LogP contribution >= 0.6 is 0 Å². The van der Waals surface area contributed by atoms with Gasteiger partial charge < -0.3 is 10.2 Å². The van der Waals surface area contributed by atoms with Crippen molar-refractivity contribution in [1.82, 2.24) is 14.8 Å². The van der Waals surface area contributed by atoms with E-state index in [1.807, 2.05) is 37.8 Å². The van der Waals surface area contributed by atoms with Crippen molar-refractivity contribution < 1.29 is 9.59 Å². The first-order valence-electron chi connectivity index (χ1n) is 8.78. The fraction of sp³-hybridized carbons (Fsp3) is 0.611. The van der Waals surface area contributed by atoms with Crippen LogP contribution in [0.2, 0.25) is 0 Å². The number of carbonyl (C=O) groups is 2. The topological polar surface area (TPSA) is 65.5 Å². The highest BCUT2D eigenvalue weighted by Crippen LogP contribution is 2.18. The normalized spacial score (nSPS) is 18.2. The van der Waals surface area contributed by atoms with E-state index in [2.05, 4.69) is 15.2 Å². The molecule has 0 radical (unpaired) electrons. The highest BCUT2D eigenvalue weighted by atomic mass is 16.2. The molecule has 0 aliphatic carbocycles. The van der Waals surface area contributed by atoms with Gasteiger partial charge in [0, 0.05) is 25.3 Å². The summed E-state index contributed by atoms with van der Waals surface area (Å²) in [5, 5.41) is 2.90. The minimum absolute atomic E-state index is 0.00640. The third-order valence-corrected chi connectivity index (χ3v) is 4.49. The average molecular weight is 332 g/mol. The lowest BCUT2D eigenvalue weighted by Crippen LogP contribution is -2.46. The minimum atomic E-state index is -0.0921. The molecule has 1 aromatic heterocycles. The monoisotopic (exact) mass is 332 g/mol. The average Bonchev–Trinajstić information content (AvgIpc) is 2.56. The molecule has 2 amide bonds. The fourth-order valence-electron chi connectivity index (χ4n) is 3.12. The molecule has 6 nitrogen and oxygen atoms in total. The third kappa shape index (κ3) is 5.03. The standard InChI is InChI=1S/C18H28N4O2/c1-4-22(5-2)17(23)13-21-11-7-9-15(12-21)18(24)20-16-10-6-8-14(3)19-16/h6,8,10,15H,4-5,7,9,11-13H2,1-3H3,(H,19,20,24). The van der Waals surface area contributed by atoms with Crippen molar-refractivity contribution >= 4 is 17.6 Å². The van der Waals surface area contributed by atoms with Crippen LogP contribution in [-0.2, 0) is 9.59 Å². The van der Waals surface area contributed by atoms with Crippen LogP contribution in [0.5, 0.6) is 0 Å². The number of hydrogen-bond acceptors (Lipinski definition) is 4. The summed E-state index contributed by atoms with van der Waals surface area (Å²) in [5.41, 5.74) is 0.878. The van der Waals surface area contributed by atoms with E-state index in [4.69, 9.17) is 0 Å². The Kier molecular flexibility index (Phi) is 6.73. The summed E-state index contributed by atoms with van der Waals surface area (Å²) >= 11 is 0. The predicted molar refractivity (Wildman–Crippen MR) is 94.7 cm³/mol. The van der Waals surface area contributed by atoms with Gasteiger partial charge in [-0.05, 0) is 52.3 Å². The maximum Gasteiger partial charge on any atom is 0.236 e. The molecule has 1 aromatic rings. The van der Waals surface area contributed by atoms with Gasteiger partial charge in [0.25, 0.3) is 0 Å². The first-order chi connectivity index (χ1) is 11.5. The van der Waals surface area contributed by atoms with Crippen molar-refractivity contribution in [1.29, 1.82) is 0 Å². The summed E-state index contributed by atoms with van der Waals surface area (Å²) in [6.07, 6.45) is 1.79. The lowest BCUT2D eigenvalue weighted by atomic mass is 9.97. The molecule has 1 unspecified atom stereocenters. The van der Waals surface area contributed by atoms with E-state index in [1.54, 1.807) is 6.07 Å². The first-order valence-corrected chi connectivity index (χ1v) is 8.78. The number of aryl methyl sites for hydroxylation is 1. The number of anilines is 1. The summed E-state index contributed by atoms with van der Waals surface area (Å²) in [6, 6.07) is 5.58. The van der Waals surface area contributed by atoms with Gasteiger partial charge in [-0.1, -0.05) is 6.07 Å². The number of aromatic nitrogens is 1. The van der Waals surface area contributed by atoms with E-state index in [0.29, 0.717) is 18.9 Å². The van der Waals surface area contributed by atoms with Crippen LogP contribution in [-0.4, -0.2) is 59.3 Å². The van der Waals surface area contributed by atoms with Crippen LogP contribution in [0.1, 0.15) is 32.4 Å². The van der Waals surface area contributed by atoms with E-state index in [9.17, 15) is 9.59 Å². The number of hydrogen-bond donors (Lipinski definition) is 1. The molecule has 0 bridgehead atoms. The Balaban J connectivity index is 1.90. The van der Waals surface area contributed by atoms with Crippen LogP contribution in [0, 0.1) is 12.8 Å². The van der Waals surface area contributed by atoms with Crippen molar-refractivity contribution in [3.05, 3.63) is 23.9 Å². The first kappa shape index (κ1) is 18.4. The summed E-state index contributed by atoms with van der Waals surface area (Å²) < 4.78 is 0. The molecular formula is C18H28N4O2. The third-order valence-electron chi connectivity index (χ3n) is 4.49. The van der Waals surface area contributed by atoms with Crippen molar-refractivity contribution in [3.63, 3.8) is 0 Å². The smallest absolute Gasteiger partial charge is 0.236 e. The number of amides is 2. The summed E-state index contributed by atoms with van der Waals surface area (Å²) in [6.45, 7) is 9.23. The Hall–Kier alpha value is -1.95. The Morgan fingerprint density at radius 2 is 2.08 bits per heavy atom. The SMILES string of the molecule is CCN(CC)C(=O)CN1CCCC(C(=O)Nc2cccc(C)n2)C1. The predicted octanol–water partition coefficient (Wildman–Crippen LogP) is 1.91. The van der Waals surface area contributed by atoms with Crippen LogP contribution in [0.4, 0.5) is 5.82 Å². The van der Waals surface area contributed by atoms with E-state index in [1.165, 1.54) is 0 Å². The number of nitrogens with one attached hydrogen (secondary N) is 1. The second-order valence-electron chi connectivity index (χ2n) is 6.29. The van der Waals surface area contributed by atoms with Crippen molar-refractivity contribution in [2.45, 2.75) is 33.6 Å². The van der Waals surface area contributed by atoms with Gasteiger partial charge in [-0.2, -0.15) is 0 Å². The van der Waals surface area contributed by atoms with Crippen LogP contribution < -0.4 is 5.32 Å². The number of nitrogens with zero attached hydrogens (tertiary/aromatic N) is 3. The molecule has 2 heterocycles. The second-order valence-corrected chi connectivity index (χ2v) is 6.29. The molecule has 0 saturated carbocycles. The lowest BCUT2D eigenvalue weighted by Gasteiger charge is -2.32. The van der Waals surface area contributed by atoms with Crippen molar-refractivity contribution in [3.8, 4) is 0 Å². The maximum atomic E-state index is 12.5. The zero-order chi connectivity index (χ0) is 17.5.